The molecule has 1 aliphatic rings. The van der Waals surface area contributed by atoms with Crippen LogP contribution < -0.4 is 5.73 Å². The number of allylic oxidation sites excluding steroid dienone is 1. The zero-order valence-electron chi connectivity index (χ0n) is 10.3. The molecule has 0 radical (unpaired) electrons. The normalized spacial score (nSPS) is 17.5. The molecular formula is C17H17N. The summed E-state index contributed by atoms with van der Waals surface area (Å²) >= 11 is 0. The van der Waals surface area contributed by atoms with Gasteiger partial charge in [0.1, 0.15) is 0 Å². The molecule has 0 saturated carbocycles. The Morgan fingerprint density at radius 1 is 1.00 bits per heavy atom. The molecule has 3 rings (SSSR count). The summed E-state index contributed by atoms with van der Waals surface area (Å²) in [5.41, 5.74) is 11.0. The Morgan fingerprint density at radius 3 is 2.56 bits per heavy atom. The second-order valence-electron chi connectivity index (χ2n) is 4.77. The lowest BCUT2D eigenvalue weighted by Crippen LogP contribution is -2.06. The Labute approximate surface area is 108 Å². The first-order chi connectivity index (χ1) is 8.88. The van der Waals surface area contributed by atoms with Gasteiger partial charge in [-0.05, 0) is 28.7 Å². The van der Waals surface area contributed by atoms with Gasteiger partial charge in [-0.3, -0.25) is 0 Å². The number of hydrogen-bond acceptors (Lipinski definition) is 1. The van der Waals surface area contributed by atoms with E-state index in [9.17, 15) is 0 Å². The molecule has 1 nitrogen and oxygen atoms in total. The highest BCUT2D eigenvalue weighted by Gasteiger charge is 2.17. The Morgan fingerprint density at radius 2 is 1.78 bits per heavy atom. The third kappa shape index (κ3) is 1.98. The van der Waals surface area contributed by atoms with Gasteiger partial charge in [-0.15, -0.1) is 0 Å². The maximum Gasteiger partial charge on any atom is 0.0178 e. The second-order valence-corrected chi connectivity index (χ2v) is 4.77. The van der Waals surface area contributed by atoms with Crippen LogP contribution in [0.2, 0.25) is 0 Å². The summed E-state index contributed by atoms with van der Waals surface area (Å²) in [5.74, 6) is 0.484. The van der Waals surface area contributed by atoms with Gasteiger partial charge in [0.05, 0.1) is 0 Å². The lowest BCUT2D eigenvalue weighted by Gasteiger charge is -2.22. The van der Waals surface area contributed by atoms with Crippen LogP contribution in [0.4, 0.5) is 0 Å². The Kier molecular flexibility index (Phi) is 2.99. The van der Waals surface area contributed by atoms with Crippen molar-refractivity contribution in [3.05, 3.63) is 76.9 Å². The van der Waals surface area contributed by atoms with Crippen LogP contribution in [0.15, 0.2) is 54.6 Å². The molecule has 0 aromatic heterocycles. The summed E-state index contributed by atoms with van der Waals surface area (Å²) in [7, 11) is 0. The molecule has 2 N–H and O–H groups in total. The fraction of sp³-hybridized carbons (Fsp3) is 0.176. The van der Waals surface area contributed by atoms with Gasteiger partial charge in [0.2, 0.25) is 0 Å². The maximum atomic E-state index is 5.64. The van der Waals surface area contributed by atoms with Crippen LogP contribution in [0.3, 0.4) is 0 Å². The summed E-state index contributed by atoms with van der Waals surface area (Å²) in [6, 6.07) is 17.3. The number of fused-ring (bicyclic) bond motifs is 1. The standard InChI is InChI=1S/C17H17N/c18-12-13-8-10-15(11-9-13)17-7-3-5-14-4-1-2-6-16(14)17/h1-6,8-11,17H,7,12,18H2. The van der Waals surface area contributed by atoms with E-state index >= 15 is 0 Å². The third-order valence-corrected chi connectivity index (χ3v) is 3.66. The fourth-order valence-electron chi connectivity index (χ4n) is 2.64. The van der Waals surface area contributed by atoms with Gasteiger partial charge >= 0.3 is 0 Å². The van der Waals surface area contributed by atoms with E-state index in [1.165, 1.54) is 22.3 Å². The summed E-state index contributed by atoms with van der Waals surface area (Å²) in [6.45, 7) is 0.613. The van der Waals surface area contributed by atoms with Crippen LogP contribution in [0.25, 0.3) is 6.08 Å². The molecule has 18 heavy (non-hydrogen) atoms. The molecule has 0 saturated heterocycles. The molecule has 2 aromatic rings. The zero-order chi connectivity index (χ0) is 12.4. The second kappa shape index (κ2) is 4.79. The van der Waals surface area contributed by atoms with Gasteiger partial charge in [-0.1, -0.05) is 60.7 Å². The van der Waals surface area contributed by atoms with E-state index in [1.807, 2.05) is 0 Å². The largest absolute Gasteiger partial charge is 0.326 e. The summed E-state index contributed by atoms with van der Waals surface area (Å²) in [4.78, 5) is 0. The fourth-order valence-corrected chi connectivity index (χ4v) is 2.64. The molecule has 0 fully saturated rings. The van der Waals surface area contributed by atoms with Gasteiger partial charge in [0, 0.05) is 12.5 Å². The van der Waals surface area contributed by atoms with Crippen LogP contribution in [0.1, 0.15) is 34.6 Å². The van der Waals surface area contributed by atoms with E-state index in [4.69, 9.17) is 5.73 Å². The van der Waals surface area contributed by atoms with Crippen molar-refractivity contribution in [2.24, 2.45) is 5.73 Å². The molecule has 0 spiro atoms. The number of hydrogen-bond donors (Lipinski definition) is 1. The lowest BCUT2D eigenvalue weighted by atomic mass is 9.82. The van der Waals surface area contributed by atoms with Crippen LogP contribution in [-0.2, 0) is 6.54 Å². The van der Waals surface area contributed by atoms with Crippen LogP contribution in [0, 0.1) is 0 Å². The molecule has 1 atom stereocenters. The zero-order valence-corrected chi connectivity index (χ0v) is 10.3. The topological polar surface area (TPSA) is 26.0 Å². The lowest BCUT2D eigenvalue weighted by molar-refractivity contribution is 0.818. The van der Waals surface area contributed by atoms with E-state index in [1.54, 1.807) is 0 Å². The minimum atomic E-state index is 0.484. The van der Waals surface area contributed by atoms with E-state index in [0.29, 0.717) is 12.5 Å². The maximum absolute atomic E-state index is 5.64. The van der Waals surface area contributed by atoms with Crippen LogP contribution in [-0.4, -0.2) is 0 Å². The average Bonchev–Trinajstić information content (AvgIpc) is 2.47. The summed E-state index contributed by atoms with van der Waals surface area (Å²) < 4.78 is 0. The van der Waals surface area contributed by atoms with Gasteiger partial charge in [-0.25, -0.2) is 0 Å². The van der Waals surface area contributed by atoms with E-state index in [-0.39, 0.29) is 0 Å². The first kappa shape index (κ1) is 11.2. The molecule has 1 aliphatic carbocycles. The van der Waals surface area contributed by atoms with Crippen LogP contribution in [0.5, 0.6) is 0 Å². The Balaban J connectivity index is 1.99. The van der Waals surface area contributed by atoms with Crippen LogP contribution >= 0.6 is 0 Å². The highest BCUT2D eigenvalue weighted by molar-refractivity contribution is 5.59. The monoisotopic (exact) mass is 235 g/mol. The molecule has 1 unspecified atom stereocenters. The predicted molar refractivity (Wildman–Crippen MR) is 76.3 cm³/mol. The summed E-state index contributed by atoms with van der Waals surface area (Å²) in [6.07, 6.45) is 5.57. The van der Waals surface area contributed by atoms with Crippen molar-refractivity contribution >= 4 is 6.08 Å². The van der Waals surface area contributed by atoms with Gasteiger partial charge in [0.25, 0.3) is 0 Å². The number of rotatable bonds is 2. The van der Waals surface area contributed by atoms with Gasteiger partial charge < -0.3 is 5.73 Å². The van der Waals surface area contributed by atoms with E-state index in [0.717, 1.165) is 6.42 Å². The van der Waals surface area contributed by atoms with Crippen molar-refractivity contribution in [3.8, 4) is 0 Å². The molecule has 0 amide bonds. The van der Waals surface area contributed by atoms with Gasteiger partial charge in [0.15, 0.2) is 0 Å². The first-order valence-electron chi connectivity index (χ1n) is 6.43. The van der Waals surface area contributed by atoms with E-state index < -0.39 is 0 Å². The molecule has 90 valence electrons. The smallest absolute Gasteiger partial charge is 0.0178 e. The highest BCUT2D eigenvalue weighted by Crippen LogP contribution is 2.34. The molecule has 0 heterocycles. The quantitative estimate of drug-likeness (QED) is 0.844. The number of benzene rings is 2. The van der Waals surface area contributed by atoms with Crippen molar-refractivity contribution in [3.63, 3.8) is 0 Å². The van der Waals surface area contributed by atoms with Crippen molar-refractivity contribution < 1.29 is 0 Å². The number of nitrogens with two attached hydrogens (primary N) is 1. The van der Waals surface area contributed by atoms with Crippen molar-refractivity contribution in [2.75, 3.05) is 0 Å². The Bertz CT molecular complexity index is 566. The summed E-state index contributed by atoms with van der Waals surface area (Å²) in [5, 5.41) is 0. The highest BCUT2D eigenvalue weighted by atomic mass is 14.5. The molecule has 2 aromatic carbocycles. The Hall–Kier alpha value is -1.86. The van der Waals surface area contributed by atoms with Crippen molar-refractivity contribution in [2.45, 2.75) is 18.9 Å². The minimum Gasteiger partial charge on any atom is -0.326 e. The SMILES string of the molecule is NCc1ccc(C2CC=Cc3ccccc32)cc1. The van der Waals surface area contributed by atoms with Crippen molar-refractivity contribution in [1.29, 1.82) is 0 Å². The average molecular weight is 235 g/mol. The molecule has 0 aliphatic heterocycles. The minimum absolute atomic E-state index is 0.484. The first-order valence-corrected chi connectivity index (χ1v) is 6.43. The molecular weight excluding hydrogens is 218 g/mol. The molecule has 1 heteroatoms. The van der Waals surface area contributed by atoms with Crippen molar-refractivity contribution in [1.82, 2.24) is 0 Å². The van der Waals surface area contributed by atoms with Gasteiger partial charge in [-0.2, -0.15) is 0 Å². The van der Waals surface area contributed by atoms with E-state index in [2.05, 4.69) is 60.7 Å². The third-order valence-electron chi connectivity index (χ3n) is 3.66. The molecule has 0 bridgehead atoms. The predicted octanol–water partition coefficient (Wildman–Crippen LogP) is 3.69.